The number of hydrogen-bond donors (Lipinski definition) is 0. The molecular weight excluding hydrogens is 276 g/mol. The molecular formula is C18H26N2O2. The van der Waals surface area contributed by atoms with Crippen LogP contribution in [0.5, 0.6) is 0 Å². The summed E-state index contributed by atoms with van der Waals surface area (Å²) in [4.78, 5) is 28.2. The van der Waals surface area contributed by atoms with Crippen molar-refractivity contribution in [2.24, 2.45) is 0 Å². The largest absolute Gasteiger partial charge is 0.343 e. The summed E-state index contributed by atoms with van der Waals surface area (Å²) in [6.07, 6.45) is 3.09. The molecule has 1 aromatic carbocycles. The molecule has 0 aliphatic carbocycles. The van der Waals surface area contributed by atoms with E-state index in [1.807, 2.05) is 54.0 Å². The third kappa shape index (κ3) is 4.09. The molecule has 0 radical (unpaired) electrons. The highest BCUT2D eigenvalue weighted by molar-refractivity contribution is 5.79. The number of likely N-dealkylation sites (tertiary alicyclic amines) is 1. The van der Waals surface area contributed by atoms with E-state index >= 15 is 0 Å². The molecule has 1 aliphatic heterocycles. The molecule has 120 valence electrons. The lowest BCUT2D eigenvalue weighted by Gasteiger charge is -2.30. The Bertz CT molecular complexity index is 495. The predicted molar refractivity (Wildman–Crippen MR) is 87.3 cm³/mol. The second kappa shape index (κ2) is 7.97. The second-order valence-electron chi connectivity index (χ2n) is 5.87. The van der Waals surface area contributed by atoms with Crippen molar-refractivity contribution in [1.29, 1.82) is 0 Å². The number of benzene rings is 1. The Labute approximate surface area is 133 Å². The normalized spacial score (nSPS) is 15.6. The zero-order valence-electron chi connectivity index (χ0n) is 13.6. The van der Waals surface area contributed by atoms with Gasteiger partial charge in [0, 0.05) is 32.5 Å². The van der Waals surface area contributed by atoms with Gasteiger partial charge in [-0.2, -0.15) is 0 Å². The van der Waals surface area contributed by atoms with E-state index in [9.17, 15) is 9.59 Å². The molecule has 1 atom stereocenters. The van der Waals surface area contributed by atoms with Crippen LogP contribution in [0.4, 0.5) is 0 Å². The fourth-order valence-corrected chi connectivity index (χ4v) is 2.99. The van der Waals surface area contributed by atoms with Gasteiger partial charge >= 0.3 is 0 Å². The van der Waals surface area contributed by atoms with Gasteiger partial charge in [0.15, 0.2) is 0 Å². The first kappa shape index (κ1) is 16.5. The molecule has 1 saturated heterocycles. The van der Waals surface area contributed by atoms with Gasteiger partial charge in [-0.3, -0.25) is 9.59 Å². The topological polar surface area (TPSA) is 40.6 Å². The van der Waals surface area contributed by atoms with Crippen molar-refractivity contribution < 1.29 is 9.59 Å². The smallest absolute Gasteiger partial charge is 0.224 e. The van der Waals surface area contributed by atoms with E-state index in [2.05, 4.69) is 0 Å². The van der Waals surface area contributed by atoms with Gasteiger partial charge in [0.1, 0.15) is 0 Å². The molecule has 0 N–H and O–H groups in total. The third-order valence-electron chi connectivity index (χ3n) is 4.40. The SMILES string of the molecule is CCC(=O)N(CCC(=O)N1CCCC1)C(C)c1ccccc1. The van der Waals surface area contributed by atoms with Crippen molar-refractivity contribution in [3.05, 3.63) is 35.9 Å². The summed E-state index contributed by atoms with van der Waals surface area (Å²) >= 11 is 0. The maximum absolute atomic E-state index is 12.3. The van der Waals surface area contributed by atoms with Crippen LogP contribution in [-0.2, 0) is 9.59 Å². The number of carbonyl (C=O) groups excluding carboxylic acids is 2. The Morgan fingerprint density at radius 2 is 1.82 bits per heavy atom. The standard InChI is InChI=1S/C18H26N2O2/c1-3-17(21)20(15(2)16-9-5-4-6-10-16)14-11-18(22)19-12-7-8-13-19/h4-6,9-10,15H,3,7-8,11-14H2,1-2H3. The monoisotopic (exact) mass is 302 g/mol. The van der Waals surface area contributed by atoms with Crippen LogP contribution in [-0.4, -0.2) is 41.2 Å². The van der Waals surface area contributed by atoms with Crippen LogP contribution >= 0.6 is 0 Å². The Hall–Kier alpha value is -1.84. The minimum absolute atomic E-state index is 0.0000260. The molecule has 0 spiro atoms. The Kier molecular flexibility index (Phi) is 5.99. The zero-order chi connectivity index (χ0) is 15.9. The average molecular weight is 302 g/mol. The van der Waals surface area contributed by atoms with Crippen molar-refractivity contribution in [1.82, 2.24) is 9.80 Å². The second-order valence-corrected chi connectivity index (χ2v) is 5.87. The van der Waals surface area contributed by atoms with Gasteiger partial charge in [0.25, 0.3) is 0 Å². The number of rotatable bonds is 6. The predicted octanol–water partition coefficient (Wildman–Crippen LogP) is 3.00. The molecule has 2 amide bonds. The number of amides is 2. The van der Waals surface area contributed by atoms with Gasteiger partial charge in [-0.05, 0) is 25.3 Å². The van der Waals surface area contributed by atoms with E-state index in [0.29, 0.717) is 19.4 Å². The average Bonchev–Trinajstić information content (AvgIpc) is 3.09. The molecule has 1 aromatic rings. The molecule has 1 heterocycles. The number of nitrogens with zero attached hydrogens (tertiary/aromatic N) is 2. The molecule has 4 nitrogen and oxygen atoms in total. The summed E-state index contributed by atoms with van der Waals surface area (Å²) in [5.74, 6) is 0.275. The molecule has 22 heavy (non-hydrogen) atoms. The summed E-state index contributed by atoms with van der Waals surface area (Å²) in [5, 5.41) is 0. The van der Waals surface area contributed by atoms with Crippen molar-refractivity contribution in [3.63, 3.8) is 0 Å². The summed E-state index contributed by atoms with van der Waals surface area (Å²) in [6, 6.07) is 10.00. The van der Waals surface area contributed by atoms with E-state index in [-0.39, 0.29) is 17.9 Å². The third-order valence-corrected chi connectivity index (χ3v) is 4.40. The van der Waals surface area contributed by atoms with Crippen LogP contribution in [0.3, 0.4) is 0 Å². The molecule has 0 bridgehead atoms. The Morgan fingerprint density at radius 1 is 1.18 bits per heavy atom. The van der Waals surface area contributed by atoms with Crippen molar-refractivity contribution in [2.45, 2.75) is 45.6 Å². The lowest BCUT2D eigenvalue weighted by Crippen LogP contribution is -2.37. The molecule has 2 rings (SSSR count). The molecule has 1 fully saturated rings. The summed E-state index contributed by atoms with van der Waals surface area (Å²) in [7, 11) is 0. The molecule has 4 heteroatoms. The van der Waals surface area contributed by atoms with Gasteiger partial charge in [-0.15, -0.1) is 0 Å². The first-order chi connectivity index (χ1) is 10.6. The van der Waals surface area contributed by atoms with E-state index in [1.165, 1.54) is 0 Å². The number of carbonyl (C=O) groups is 2. The van der Waals surface area contributed by atoms with Crippen molar-refractivity contribution in [3.8, 4) is 0 Å². The minimum Gasteiger partial charge on any atom is -0.343 e. The van der Waals surface area contributed by atoms with Crippen LogP contribution in [0.1, 0.15) is 51.1 Å². The van der Waals surface area contributed by atoms with E-state index in [4.69, 9.17) is 0 Å². The van der Waals surface area contributed by atoms with Crippen LogP contribution in [0.15, 0.2) is 30.3 Å². The highest BCUT2D eigenvalue weighted by Crippen LogP contribution is 2.21. The summed E-state index contributed by atoms with van der Waals surface area (Å²) < 4.78 is 0. The van der Waals surface area contributed by atoms with E-state index in [0.717, 1.165) is 31.5 Å². The fourth-order valence-electron chi connectivity index (χ4n) is 2.99. The lowest BCUT2D eigenvalue weighted by molar-refractivity contribution is -0.135. The molecule has 0 aromatic heterocycles. The van der Waals surface area contributed by atoms with Gasteiger partial charge in [0.05, 0.1) is 6.04 Å². The number of hydrogen-bond acceptors (Lipinski definition) is 2. The van der Waals surface area contributed by atoms with Crippen LogP contribution < -0.4 is 0 Å². The van der Waals surface area contributed by atoms with E-state index < -0.39 is 0 Å². The Balaban J connectivity index is 2.00. The Morgan fingerprint density at radius 3 is 2.41 bits per heavy atom. The lowest BCUT2D eigenvalue weighted by atomic mass is 10.1. The van der Waals surface area contributed by atoms with Crippen molar-refractivity contribution in [2.75, 3.05) is 19.6 Å². The highest BCUT2D eigenvalue weighted by Gasteiger charge is 2.23. The quantitative estimate of drug-likeness (QED) is 0.810. The van der Waals surface area contributed by atoms with Gasteiger partial charge < -0.3 is 9.80 Å². The van der Waals surface area contributed by atoms with Crippen LogP contribution in [0, 0.1) is 0 Å². The van der Waals surface area contributed by atoms with E-state index in [1.54, 1.807) is 0 Å². The molecule has 1 aliphatic rings. The first-order valence-corrected chi connectivity index (χ1v) is 8.25. The van der Waals surface area contributed by atoms with Crippen LogP contribution in [0.25, 0.3) is 0 Å². The molecule has 1 unspecified atom stereocenters. The fraction of sp³-hybridized carbons (Fsp3) is 0.556. The van der Waals surface area contributed by atoms with Gasteiger partial charge in [-0.1, -0.05) is 37.3 Å². The van der Waals surface area contributed by atoms with Gasteiger partial charge in [-0.25, -0.2) is 0 Å². The maximum Gasteiger partial charge on any atom is 0.224 e. The maximum atomic E-state index is 12.3. The summed E-state index contributed by atoms with van der Waals surface area (Å²) in [5.41, 5.74) is 1.11. The van der Waals surface area contributed by atoms with Crippen molar-refractivity contribution >= 4 is 11.8 Å². The minimum atomic E-state index is 0.0000260. The first-order valence-electron chi connectivity index (χ1n) is 8.25. The summed E-state index contributed by atoms with van der Waals surface area (Å²) in [6.45, 7) is 6.14. The van der Waals surface area contributed by atoms with Gasteiger partial charge in [0.2, 0.25) is 11.8 Å². The molecule has 0 saturated carbocycles. The van der Waals surface area contributed by atoms with Crippen LogP contribution in [0.2, 0.25) is 0 Å². The highest BCUT2D eigenvalue weighted by atomic mass is 16.2. The zero-order valence-corrected chi connectivity index (χ0v) is 13.6.